The van der Waals surface area contributed by atoms with Crippen molar-refractivity contribution in [1.29, 1.82) is 0 Å². The Kier molecular flexibility index (Phi) is 4.84. The summed E-state index contributed by atoms with van der Waals surface area (Å²) in [7, 11) is 2.13. The van der Waals surface area contributed by atoms with Crippen molar-refractivity contribution < 1.29 is 9.53 Å². The predicted octanol–water partition coefficient (Wildman–Crippen LogP) is 5.88. The van der Waals surface area contributed by atoms with Crippen molar-refractivity contribution in [2.24, 2.45) is 7.05 Å². The first-order valence-electron chi connectivity index (χ1n) is 11.8. The van der Waals surface area contributed by atoms with Gasteiger partial charge in [-0.2, -0.15) is 0 Å². The number of benzene rings is 3. The van der Waals surface area contributed by atoms with E-state index in [0.29, 0.717) is 6.54 Å². The van der Waals surface area contributed by atoms with Gasteiger partial charge in [-0.15, -0.1) is 0 Å². The van der Waals surface area contributed by atoms with Gasteiger partial charge in [0.1, 0.15) is 0 Å². The zero-order chi connectivity index (χ0) is 22.5. The maximum absolute atomic E-state index is 13.7. The van der Waals surface area contributed by atoms with Crippen LogP contribution < -0.4 is 0 Å². The van der Waals surface area contributed by atoms with E-state index in [1.165, 1.54) is 33.3 Å². The molecule has 0 N–H and O–H groups in total. The Hall–Kier alpha value is -3.37. The van der Waals surface area contributed by atoms with E-state index in [9.17, 15) is 4.79 Å². The molecule has 4 heteroatoms. The number of para-hydroxylation sites is 1. The molecule has 166 valence electrons. The number of aryl methyl sites for hydroxylation is 2. The number of fused-ring (bicyclic) bond motifs is 2. The molecule has 4 aromatic rings. The molecule has 4 nitrogen and oxygen atoms in total. The summed E-state index contributed by atoms with van der Waals surface area (Å²) in [5.74, 6) is 0.105. The molecular formula is C29H28N2O2. The van der Waals surface area contributed by atoms with Gasteiger partial charge in [0.25, 0.3) is 5.91 Å². The molecule has 3 heterocycles. The average molecular weight is 437 g/mol. The molecule has 2 aliphatic heterocycles. The number of carbonyl (C=O) groups excluding carboxylic acids is 1. The molecule has 6 rings (SSSR count). The van der Waals surface area contributed by atoms with E-state index in [2.05, 4.69) is 78.0 Å². The van der Waals surface area contributed by atoms with Crippen molar-refractivity contribution in [3.05, 3.63) is 95.1 Å². The van der Waals surface area contributed by atoms with Gasteiger partial charge in [0.2, 0.25) is 0 Å². The number of aromatic nitrogens is 1. The van der Waals surface area contributed by atoms with Crippen molar-refractivity contribution >= 4 is 16.8 Å². The number of amides is 1. The normalized spacial score (nSPS) is 20.1. The van der Waals surface area contributed by atoms with Crippen LogP contribution in [0, 0.1) is 6.92 Å². The van der Waals surface area contributed by atoms with Crippen molar-refractivity contribution in [3.63, 3.8) is 0 Å². The summed E-state index contributed by atoms with van der Waals surface area (Å²) in [5.41, 5.74) is 7.85. The maximum Gasteiger partial charge on any atom is 0.255 e. The van der Waals surface area contributed by atoms with Crippen LogP contribution in [-0.4, -0.2) is 34.6 Å². The van der Waals surface area contributed by atoms with Gasteiger partial charge in [0.05, 0.1) is 17.8 Å². The van der Waals surface area contributed by atoms with Crippen molar-refractivity contribution in [1.82, 2.24) is 9.47 Å². The van der Waals surface area contributed by atoms with E-state index in [-0.39, 0.29) is 18.1 Å². The first-order chi connectivity index (χ1) is 16.1. The first-order valence-corrected chi connectivity index (χ1v) is 11.8. The van der Waals surface area contributed by atoms with Gasteiger partial charge < -0.3 is 14.2 Å². The second-order valence-corrected chi connectivity index (χ2v) is 9.29. The number of hydrogen-bond acceptors (Lipinski definition) is 2. The molecule has 0 spiro atoms. The lowest BCUT2D eigenvalue weighted by molar-refractivity contribution is 0.0501. The quantitative estimate of drug-likeness (QED) is 0.400. The molecule has 0 saturated carbocycles. The predicted molar refractivity (Wildman–Crippen MR) is 131 cm³/mol. The van der Waals surface area contributed by atoms with Gasteiger partial charge in [0, 0.05) is 42.2 Å². The topological polar surface area (TPSA) is 34.5 Å². The van der Waals surface area contributed by atoms with Crippen LogP contribution >= 0.6 is 0 Å². The van der Waals surface area contributed by atoms with Crippen LogP contribution in [0.15, 0.2) is 72.8 Å². The molecule has 0 unspecified atom stereocenters. The smallest absolute Gasteiger partial charge is 0.255 e. The highest BCUT2D eigenvalue weighted by molar-refractivity contribution is 6.02. The maximum atomic E-state index is 13.7. The minimum Gasteiger partial charge on any atom is -0.376 e. The third-order valence-electron chi connectivity index (χ3n) is 7.23. The minimum atomic E-state index is -0.139. The summed E-state index contributed by atoms with van der Waals surface area (Å²) in [6.45, 7) is 3.52. The Morgan fingerprint density at radius 3 is 2.52 bits per heavy atom. The molecule has 33 heavy (non-hydrogen) atoms. The molecule has 2 atom stereocenters. The van der Waals surface area contributed by atoms with Gasteiger partial charge in [0.15, 0.2) is 0 Å². The molecule has 1 amide bonds. The van der Waals surface area contributed by atoms with Crippen LogP contribution in [0.1, 0.15) is 45.9 Å². The number of carbonyl (C=O) groups is 1. The minimum absolute atomic E-state index is 0.101. The van der Waals surface area contributed by atoms with Crippen LogP contribution in [-0.2, 0) is 11.8 Å². The fraction of sp³-hybridized carbons (Fsp3) is 0.276. The summed E-state index contributed by atoms with van der Waals surface area (Å²) in [5, 5.41) is 1.20. The number of rotatable bonds is 4. The molecule has 3 aromatic carbocycles. The van der Waals surface area contributed by atoms with Gasteiger partial charge >= 0.3 is 0 Å². The van der Waals surface area contributed by atoms with Gasteiger partial charge in [-0.1, -0.05) is 66.2 Å². The van der Waals surface area contributed by atoms with Crippen LogP contribution in [0.2, 0.25) is 0 Å². The zero-order valence-electron chi connectivity index (χ0n) is 19.1. The van der Waals surface area contributed by atoms with Crippen molar-refractivity contribution in [3.8, 4) is 11.3 Å². The number of hydrogen-bond donors (Lipinski definition) is 0. The lowest BCUT2D eigenvalue weighted by atomic mass is 9.93. The van der Waals surface area contributed by atoms with Crippen LogP contribution in [0.3, 0.4) is 0 Å². The van der Waals surface area contributed by atoms with Gasteiger partial charge in [-0.3, -0.25) is 4.79 Å². The molecule has 1 fully saturated rings. The molecule has 2 aliphatic rings. The Balaban J connectivity index is 1.61. The Morgan fingerprint density at radius 2 is 1.73 bits per heavy atom. The Morgan fingerprint density at radius 1 is 0.970 bits per heavy atom. The van der Waals surface area contributed by atoms with E-state index in [1.807, 2.05) is 18.2 Å². The summed E-state index contributed by atoms with van der Waals surface area (Å²) in [4.78, 5) is 15.7. The highest BCUT2D eigenvalue weighted by Crippen LogP contribution is 2.46. The average Bonchev–Trinajstić information content (AvgIpc) is 3.52. The molecule has 1 saturated heterocycles. The molecular weight excluding hydrogens is 408 g/mol. The second-order valence-electron chi connectivity index (χ2n) is 9.29. The van der Waals surface area contributed by atoms with Gasteiger partial charge in [-0.25, -0.2) is 0 Å². The van der Waals surface area contributed by atoms with Crippen molar-refractivity contribution in [2.45, 2.75) is 31.9 Å². The van der Waals surface area contributed by atoms with E-state index in [0.717, 1.165) is 30.6 Å². The van der Waals surface area contributed by atoms with Crippen LogP contribution in [0.25, 0.3) is 22.2 Å². The molecule has 0 aliphatic carbocycles. The summed E-state index contributed by atoms with van der Waals surface area (Å²) in [6, 6.07) is 25.2. The Bertz CT molecular complexity index is 1350. The van der Waals surface area contributed by atoms with E-state index < -0.39 is 0 Å². The zero-order valence-corrected chi connectivity index (χ0v) is 19.1. The summed E-state index contributed by atoms with van der Waals surface area (Å²) < 4.78 is 8.25. The Labute approximate surface area is 194 Å². The fourth-order valence-corrected chi connectivity index (χ4v) is 5.64. The van der Waals surface area contributed by atoms with E-state index in [1.54, 1.807) is 0 Å². The molecule has 0 bridgehead atoms. The highest BCUT2D eigenvalue weighted by Gasteiger charge is 2.41. The van der Waals surface area contributed by atoms with Crippen LogP contribution in [0.5, 0.6) is 0 Å². The second kappa shape index (κ2) is 7.89. The SMILES string of the molecule is Cc1ccc(-c2c([C@H]3c4ccccc4C(=O)N3C[C@H]3CCCO3)c3ccccc3n2C)cc1. The van der Waals surface area contributed by atoms with Crippen molar-refractivity contribution in [2.75, 3.05) is 13.2 Å². The number of nitrogens with zero attached hydrogens (tertiary/aromatic N) is 2. The van der Waals surface area contributed by atoms with E-state index in [4.69, 9.17) is 4.74 Å². The first kappa shape index (κ1) is 20.3. The van der Waals surface area contributed by atoms with Crippen LogP contribution in [0.4, 0.5) is 0 Å². The number of ether oxygens (including phenoxy) is 1. The highest BCUT2D eigenvalue weighted by atomic mass is 16.5. The third-order valence-corrected chi connectivity index (χ3v) is 7.23. The molecule has 1 aromatic heterocycles. The molecule has 0 radical (unpaired) electrons. The summed E-state index contributed by atoms with van der Waals surface area (Å²) in [6.07, 6.45) is 2.17. The van der Waals surface area contributed by atoms with E-state index >= 15 is 0 Å². The lowest BCUT2D eigenvalue weighted by Crippen LogP contribution is -2.36. The standard InChI is InChI=1S/C29H28N2O2/c1-19-13-15-20(16-14-19)27-26(24-11-5-6-12-25(24)30(27)2)28-22-9-3-4-10-23(22)29(32)31(28)18-21-8-7-17-33-21/h3-6,9-16,21,28H,7-8,17-18H2,1-2H3/t21-,28-/m1/s1. The largest absolute Gasteiger partial charge is 0.376 e. The fourth-order valence-electron chi connectivity index (χ4n) is 5.64. The lowest BCUT2D eigenvalue weighted by Gasteiger charge is -2.29. The monoisotopic (exact) mass is 436 g/mol. The van der Waals surface area contributed by atoms with Gasteiger partial charge in [-0.05, 0) is 43.0 Å². The summed E-state index contributed by atoms with van der Waals surface area (Å²) >= 11 is 0. The third kappa shape index (κ3) is 3.20.